The lowest BCUT2D eigenvalue weighted by Gasteiger charge is -2.35. The lowest BCUT2D eigenvalue weighted by atomic mass is 9.85. The van der Waals surface area contributed by atoms with Gasteiger partial charge in [0.15, 0.2) is 5.78 Å². The summed E-state index contributed by atoms with van der Waals surface area (Å²) in [6, 6.07) is 15.2. The molecule has 22 heavy (non-hydrogen) atoms. The average Bonchev–Trinajstić information content (AvgIpc) is 2.48. The number of rotatable bonds is 2. The molecule has 0 aliphatic carbocycles. The number of halogens is 1. The van der Waals surface area contributed by atoms with E-state index in [-0.39, 0.29) is 11.3 Å². The van der Waals surface area contributed by atoms with Crippen LogP contribution in [0.15, 0.2) is 54.6 Å². The van der Waals surface area contributed by atoms with Crippen LogP contribution in [0, 0.1) is 0 Å². The van der Waals surface area contributed by atoms with Gasteiger partial charge in [0.2, 0.25) is 0 Å². The first kappa shape index (κ1) is 14.9. The smallest absolute Gasteiger partial charge is 0.187 e. The van der Waals surface area contributed by atoms with Crippen LogP contribution in [0.4, 0.5) is 0 Å². The first-order chi connectivity index (χ1) is 10.4. The molecule has 3 rings (SSSR count). The maximum atomic E-state index is 12.5. The van der Waals surface area contributed by atoms with Crippen molar-refractivity contribution in [2.45, 2.75) is 25.8 Å². The Morgan fingerprint density at radius 2 is 1.91 bits per heavy atom. The minimum absolute atomic E-state index is 0.00766. The van der Waals surface area contributed by atoms with Crippen LogP contribution in [0.1, 0.15) is 35.3 Å². The Bertz CT molecular complexity index is 747. The van der Waals surface area contributed by atoms with Crippen LogP contribution in [0.3, 0.4) is 0 Å². The molecule has 0 aromatic heterocycles. The summed E-state index contributed by atoms with van der Waals surface area (Å²) in [5.41, 5.74) is 3.65. The van der Waals surface area contributed by atoms with Crippen LogP contribution >= 0.6 is 11.6 Å². The van der Waals surface area contributed by atoms with Gasteiger partial charge in [0.1, 0.15) is 0 Å². The highest BCUT2D eigenvalue weighted by molar-refractivity contribution is 6.30. The van der Waals surface area contributed by atoms with Gasteiger partial charge in [0, 0.05) is 33.5 Å². The van der Waals surface area contributed by atoms with Crippen LogP contribution < -0.4 is 5.32 Å². The van der Waals surface area contributed by atoms with Crippen molar-refractivity contribution in [2.24, 2.45) is 0 Å². The molecule has 1 aliphatic heterocycles. The van der Waals surface area contributed by atoms with Gasteiger partial charge in [-0.1, -0.05) is 48.0 Å². The number of nitrogens with one attached hydrogen (secondary N) is 1. The van der Waals surface area contributed by atoms with Crippen molar-refractivity contribution in [3.8, 4) is 0 Å². The average molecular weight is 312 g/mol. The van der Waals surface area contributed by atoms with Gasteiger partial charge < -0.3 is 5.32 Å². The first-order valence-corrected chi connectivity index (χ1v) is 7.70. The van der Waals surface area contributed by atoms with Gasteiger partial charge in [0.25, 0.3) is 0 Å². The number of ketones is 1. The van der Waals surface area contributed by atoms with Gasteiger partial charge in [0.05, 0.1) is 0 Å². The highest BCUT2D eigenvalue weighted by Crippen LogP contribution is 2.31. The van der Waals surface area contributed by atoms with Gasteiger partial charge in [-0.25, -0.2) is 0 Å². The summed E-state index contributed by atoms with van der Waals surface area (Å²) in [6.07, 6.45) is 2.57. The molecule has 0 saturated carbocycles. The number of hydrogen-bond donors (Lipinski definition) is 1. The third-order valence-electron chi connectivity index (χ3n) is 3.80. The van der Waals surface area contributed by atoms with Gasteiger partial charge in [-0.3, -0.25) is 4.79 Å². The second-order valence-corrected chi connectivity index (χ2v) is 6.71. The highest BCUT2D eigenvalue weighted by atomic mass is 35.5. The second-order valence-electron chi connectivity index (χ2n) is 6.28. The van der Waals surface area contributed by atoms with Gasteiger partial charge >= 0.3 is 0 Å². The summed E-state index contributed by atoms with van der Waals surface area (Å²) >= 11 is 6.13. The summed E-state index contributed by atoms with van der Waals surface area (Å²) in [4.78, 5) is 12.5. The summed E-state index contributed by atoms with van der Waals surface area (Å²) in [6.45, 7) is 4.26. The van der Waals surface area contributed by atoms with Crippen LogP contribution in [0.25, 0.3) is 5.70 Å². The van der Waals surface area contributed by atoms with E-state index in [1.165, 1.54) is 5.56 Å². The molecule has 0 bridgehead atoms. The Labute approximate surface area is 135 Å². The largest absolute Gasteiger partial charge is 0.379 e. The molecule has 2 aromatic rings. The summed E-state index contributed by atoms with van der Waals surface area (Å²) < 4.78 is 0. The van der Waals surface area contributed by atoms with E-state index in [0.29, 0.717) is 10.6 Å². The van der Waals surface area contributed by atoms with Crippen LogP contribution in [-0.2, 0) is 6.42 Å². The number of benzene rings is 2. The standard InChI is InChI=1S/C19H18ClNO/c1-19(2)12-14-8-9-15(20)10-16(14)17(21-19)11-18(22)13-6-4-3-5-7-13/h3-11,21H,12H2,1-2H3. The van der Waals surface area contributed by atoms with E-state index >= 15 is 0 Å². The molecule has 0 amide bonds. The van der Waals surface area contributed by atoms with Crippen LogP contribution in [-0.4, -0.2) is 11.3 Å². The van der Waals surface area contributed by atoms with Gasteiger partial charge in [-0.15, -0.1) is 0 Å². The molecule has 0 unspecified atom stereocenters. The zero-order valence-electron chi connectivity index (χ0n) is 12.7. The Hall–Kier alpha value is -2.06. The van der Waals surface area contributed by atoms with E-state index < -0.39 is 0 Å². The van der Waals surface area contributed by atoms with E-state index in [0.717, 1.165) is 17.7 Å². The number of allylic oxidation sites excluding steroid dienone is 1. The lowest BCUT2D eigenvalue weighted by molar-refractivity contribution is 0.104. The second kappa shape index (κ2) is 5.62. The Kier molecular flexibility index (Phi) is 3.79. The summed E-state index contributed by atoms with van der Waals surface area (Å²) in [5.74, 6) is -0.00766. The van der Waals surface area contributed by atoms with E-state index in [2.05, 4.69) is 19.2 Å². The molecule has 1 N–H and O–H groups in total. The van der Waals surface area contributed by atoms with Crippen molar-refractivity contribution in [1.82, 2.24) is 5.32 Å². The van der Waals surface area contributed by atoms with E-state index in [1.54, 1.807) is 6.08 Å². The fraction of sp³-hybridized carbons (Fsp3) is 0.211. The Balaban J connectivity index is 2.05. The van der Waals surface area contributed by atoms with Crippen LogP contribution in [0.2, 0.25) is 5.02 Å². The van der Waals surface area contributed by atoms with Crippen molar-refractivity contribution in [2.75, 3.05) is 0 Å². The normalized spacial score (nSPS) is 17.7. The zero-order valence-corrected chi connectivity index (χ0v) is 13.4. The maximum Gasteiger partial charge on any atom is 0.187 e. The molecule has 2 aromatic carbocycles. The Morgan fingerprint density at radius 3 is 2.64 bits per heavy atom. The molecule has 1 aliphatic rings. The van der Waals surface area contributed by atoms with Crippen LogP contribution in [0.5, 0.6) is 0 Å². The first-order valence-electron chi connectivity index (χ1n) is 7.33. The molecule has 0 fully saturated rings. The number of fused-ring (bicyclic) bond motifs is 1. The molecule has 112 valence electrons. The quantitative estimate of drug-likeness (QED) is 0.654. The summed E-state index contributed by atoms with van der Waals surface area (Å²) in [7, 11) is 0. The van der Waals surface area contributed by atoms with Gasteiger partial charge in [-0.05, 0) is 38.0 Å². The summed E-state index contributed by atoms with van der Waals surface area (Å²) in [5, 5.41) is 4.14. The van der Waals surface area contributed by atoms with Crippen molar-refractivity contribution in [3.63, 3.8) is 0 Å². The predicted octanol–water partition coefficient (Wildman–Crippen LogP) is 4.49. The third kappa shape index (κ3) is 3.07. The molecule has 2 nitrogen and oxygen atoms in total. The molecular weight excluding hydrogens is 294 g/mol. The number of carbonyl (C=O) groups is 1. The van der Waals surface area contributed by atoms with E-state index in [9.17, 15) is 4.79 Å². The topological polar surface area (TPSA) is 29.1 Å². The van der Waals surface area contributed by atoms with Crippen molar-refractivity contribution in [1.29, 1.82) is 0 Å². The molecule has 0 atom stereocenters. The van der Waals surface area contributed by atoms with Crippen molar-refractivity contribution < 1.29 is 4.79 Å². The maximum absolute atomic E-state index is 12.5. The fourth-order valence-electron chi connectivity index (χ4n) is 2.84. The number of carbonyl (C=O) groups excluding carboxylic acids is 1. The molecule has 3 heteroatoms. The third-order valence-corrected chi connectivity index (χ3v) is 4.04. The molecular formula is C19H18ClNO. The Morgan fingerprint density at radius 1 is 1.18 bits per heavy atom. The minimum atomic E-state index is -0.0936. The monoisotopic (exact) mass is 311 g/mol. The molecule has 0 spiro atoms. The SMILES string of the molecule is CC1(C)Cc2ccc(Cl)cc2C(=CC(=O)c2ccccc2)N1. The lowest BCUT2D eigenvalue weighted by Crippen LogP contribution is -2.43. The van der Waals surface area contributed by atoms with Crippen molar-refractivity contribution in [3.05, 3.63) is 76.3 Å². The van der Waals surface area contributed by atoms with E-state index in [4.69, 9.17) is 11.6 Å². The fourth-order valence-corrected chi connectivity index (χ4v) is 3.01. The molecule has 0 saturated heterocycles. The van der Waals surface area contributed by atoms with E-state index in [1.807, 2.05) is 48.5 Å². The highest BCUT2D eigenvalue weighted by Gasteiger charge is 2.28. The molecule has 0 radical (unpaired) electrons. The zero-order chi connectivity index (χ0) is 15.7. The number of hydrogen-bond acceptors (Lipinski definition) is 2. The minimum Gasteiger partial charge on any atom is -0.379 e. The molecule has 1 heterocycles. The predicted molar refractivity (Wildman–Crippen MR) is 91.1 cm³/mol. The van der Waals surface area contributed by atoms with Crippen molar-refractivity contribution >= 4 is 23.1 Å². The van der Waals surface area contributed by atoms with Gasteiger partial charge in [-0.2, -0.15) is 0 Å².